The Labute approximate surface area is 211 Å². The molecule has 0 spiro atoms. The summed E-state index contributed by atoms with van der Waals surface area (Å²) in [6.45, 7) is 7.02. The fourth-order valence-electron chi connectivity index (χ4n) is 6.08. The Morgan fingerprint density at radius 2 is 1.94 bits per heavy atom. The molecule has 1 aromatic carbocycles. The van der Waals surface area contributed by atoms with Crippen LogP contribution in [0.1, 0.15) is 49.7 Å². The maximum atomic E-state index is 6.36. The van der Waals surface area contributed by atoms with E-state index in [2.05, 4.69) is 67.1 Å². The molecule has 3 heterocycles. The molecule has 0 unspecified atom stereocenters. The summed E-state index contributed by atoms with van der Waals surface area (Å²) in [5, 5.41) is 1.25. The Kier molecular flexibility index (Phi) is 6.64. The maximum absolute atomic E-state index is 6.36. The summed E-state index contributed by atoms with van der Waals surface area (Å²) in [4.78, 5) is 13.0. The number of halogens is 1. The first kappa shape index (κ1) is 22.6. The number of rotatable bonds is 4. The number of pyridine rings is 1. The molecule has 2 aliphatic carbocycles. The highest BCUT2D eigenvalue weighted by Gasteiger charge is 2.28. The summed E-state index contributed by atoms with van der Waals surface area (Å²) in [6, 6.07) is 7.37. The van der Waals surface area contributed by atoms with Crippen LogP contribution in [-0.2, 0) is 13.1 Å². The summed E-state index contributed by atoms with van der Waals surface area (Å²) in [5.74, 6) is 1.01. The summed E-state index contributed by atoms with van der Waals surface area (Å²) < 4.78 is 6.36. The molecule has 180 valence electrons. The molecule has 1 atom stereocenters. The second kappa shape index (κ2) is 10.00. The molecule has 1 aromatic heterocycles. The fourth-order valence-corrected chi connectivity index (χ4v) is 6.42. The number of allylic oxidation sites excluding steroid dienone is 3. The molecule has 0 radical (unpaired) electrons. The second-order valence-corrected chi connectivity index (χ2v) is 11.4. The van der Waals surface area contributed by atoms with Crippen LogP contribution >= 0.6 is 15.9 Å². The van der Waals surface area contributed by atoms with Crippen molar-refractivity contribution in [3.63, 3.8) is 0 Å². The number of alkyl halides is 1. The van der Waals surface area contributed by atoms with Crippen LogP contribution in [0.5, 0.6) is 5.75 Å². The number of hydrogen-bond acceptors (Lipinski definition) is 5. The van der Waals surface area contributed by atoms with Gasteiger partial charge in [-0.2, -0.15) is 0 Å². The van der Waals surface area contributed by atoms with E-state index < -0.39 is 0 Å². The first-order chi connectivity index (χ1) is 16.7. The van der Waals surface area contributed by atoms with E-state index >= 15 is 0 Å². The second-order valence-electron chi connectivity index (χ2n) is 10.2. The Hall–Kier alpha value is -1.89. The zero-order valence-corrected chi connectivity index (χ0v) is 21.5. The van der Waals surface area contributed by atoms with Gasteiger partial charge in [0.2, 0.25) is 0 Å². The molecule has 2 fully saturated rings. The third-order valence-corrected chi connectivity index (χ3v) is 8.69. The van der Waals surface area contributed by atoms with E-state index in [1.807, 2.05) is 6.20 Å². The lowest BCUT2D eigenvalue weighted by molar-refractivity contribution is 0.0412. The zero-order valence-electron chi connectivity index (χ0n) is 20.0. The van der Waals surface area contributed by atoms with Crippen molar-refractivity contribution in [2.75, 3.05) is 32.9 Å². The molecular formula is C28H35BrN4O. The van der Waals surface area contributed by atoms with Crippen molar-refractivity contribution in [2.45, 2.75) is 62.5 Å². The van der Waals surface area contributed by atoms with Crippen molar-refractivity contribution >= 4 is 26.8 Å². The van der Waals surface area contributed by atoms with Gasteiger partial charge in [-0.25, -0.2) is 0 Å². The van der Waals surface area contributed by atoms with Crippen molar-refractivity contribution in [2.24, 2.45) is 0 Å². The highest BCUT2D eigenvalue weighted by atomic mass is 79.9. The van der Waals surface area contributed by atoms with Gasteiger partial charge in [-0.15, -0.1) is 0 Å². The van der Waals surface area contributed by atoms with Crippen LogP contribution in [0.15, 0.2) is 48.3 Å². The number of hydrogen-bond donors (Lipinski definition) is 0. The Balaban J connectivity index is 1.19. The van der Waals surface area contributed by atoms with Gasteiger partial charge in [-0.05, 0) is 43.0 Å². The lowest BCUT2D eigenvalue weighted by Gasteiger charge is -2.39. The predicted molar refractivity (Wildman–Crippen MR) is 141 cm³/mol. The minimum absolute atomic E-state index is 0.487. The van der Waals surface area contributed by atoms with E-state index in [9.17, 15) is 0 Å². The highest BCUT2D eigenvalue weighted by Crippen LogP contribution is 2.37. The normalized spacial score (nSPS) is 24.7. The van der Waals surface area contributed by atoms with Crippen LogP contribution in [0.2, 0.25) is 0 Å². The molecule has 5 nitrogen and oxygen atoms in total. The first-order valence-corrected chi connectivity index (χ1v) is 13.9. The summed E-state index contributed by atoms with van der Waals surface area (Å²) in [7, 11) is 0. The SMILES string of the molecule is Br[C@H]1C=CC(N2CCN(Cc3cc4c(c5ncccc35)OCN(C3CCCCC3)C4)CC2)=CC1. The largest absolute Gasteiger partial charge is 0.475 e. The van der Waals surface area contributed by atoms with Crippen LogP contribution in [0.4, 0.5) is 0 Å². The van der Waals surface area contributed by atoms with Crippen molar-refractivity contribution in [3.8, 4) is 5.75 Å². The van der Waals surface area contributed by atoms with Crippen LogP contribution in [-0.4, -0.2) is 63.5 Å². The lowest BCUT2D eigenvalue weighted by atomic mass is 9.93. The van der Waals surface area contributed by atoms with Crippen molar-refractivity contribution in [3.05, 3.63) is 59.4 Å². The number of ether oxygens (including phenoxy) is 1. The molecule has 0 amide bonds. The minimum Gasteiger partial charge on any atom is -0.475 e. The van der Waals surface area contributed by atoms with Crippen molar-refractivity contribution in [1.29, 1.82) is 0 Å². The lowest BCUT2D eigenvalue weighted by Crippen LogP contribution is -2.45. The molecule has 0 bridgehead atoms. The summed E-state index contributed by atoms with van der Waals surface area (Å²) in [5.41, 5.74) is 5.14. The smallest absolute Gasteiger partial charge is 0.152 e. The monoisotopic (exact) mass is 522 g/mol. The van der Waals surface area contributed by atoms with Gasteiger partial charge < -0.3 is 9.64 Å². The van der Waals surface area contributed by atoms with Crippen LogP contribution in [0.3, 0.4) is 0 Å². The van der Waals surface area contributed by atoms with Gasteiger partial charge >= 0.3 is 0 Å². The van der Waals surface area contributed by atoms with Crippen LogP contribution in [0, 0.1) is 0 Å². The molecule has 0 N–H and O–H groups in total. The standard InChI is InChI=1S/C28H35BrN4O/c29-23-8-10-25(11-9-23)32-15-13-31(14-16-32)18-21-17-22-19-33(24-5-2-1-3-6-24)20-34-28(22)27-26(21)7-4-12-30-27/h4,7-8,10-12,17,23-24H,1-3,5-6,9,13-16,18-20H2/t23-/m0/s1. The summed E-state index contributed by atoms with van der Waals surface area (Å²) >= 11 is 3.68. The molecule has 1 saturated carbocycles. The fraction of sp³-hybridized carbons (Fsp3) is 0.536. The maximum Gasteiger partial charge on any atom is 0.152 e. The number of benzene rings is 1. The molecule has 2 aliphatic heterocycles. The van der Waals surface area contributed by atoms with Gasteiger partial charge in [-0.3, -0.25) is 14.8 Å². The average molecular weight is 524 g/mol. The predicted octanol–water partition coefficient (Wildman–Crippen LogP) is 5.44. The van der Waals surface area contributed by atoms with Crippen molar-refractivity contribution in [1.82, 2.24) is 19.7 Å². The molecule has 2 aromatic rings. The Morgan fingerprint density at radius 1 is 1.09 bits per heavy atom. The van der Waals surface area contributed by atoms with Gasteiger partial charge in [0.15, 0.2) is 5.75 Å². The van der Waals surface area contributed by atoms with Gasteiger partial charge in [0.05, 0.1) is 0 Å². The number of nitrogens with zero attached hydrogens (tertiary/aromatic N) is 4. The van der Waals surface area contributed by atoms with Gasteiger partial charge in [0.1, 0.15) is 12.2 Å². The van der Waals surface area contributed by atoms with E-state index in [4.69, 9.17) is 9.72 Å². The molecule has 1 saturated heterocycles. The Bertz CT molecular complexity index is 1090. The highest BCUT2D eigenvalue weighted by molar-refractivity contribution is 9.09. The van der Waals surface area contributed by atoms with Crippen molar-refractivity contribution < 1.29 is 4.74 Å². The third-order valence-electron chi connectivity index (χ3n) is 8.01. The van der Waals surface area contributed by atoms with E-state index in [1.165, 1.54) is 54.3 Å². The topological polar surface area (TPSA) is 31.8 Å². The minimum atomic E-state index is 0.487. The molecular weight excluding hydrogens is 488 g/mol. The van der Waals surface area contributed by atoms with E-state index in [1.54, 1.807) is 0 Å². The van der Waals surface area contributed by atoms with E-state index in [0.29, 0.717) is 17.6 Å². The van der Waals surface area contributed by atoms with Gasteiger partial charge in [0, 0.05) is 73.0 Å². The average Bonchev–Trinajstić information content (AvgIpc) is 2.90. The number of piperazine rings is 1. The quantitative estimate of drug-likeness (QED) is 0.498. The molecule has 6 rings (SSSR count). The molecule has 4 aliphatic rings. The van der Waals surface area contributed by atoms with Gasteiger partial charge in [-0.1, -0.05) is 53.4 Å². The first-order valence-electron chi connectivity index (χ1n) is 13.0. The number of fused-ring (bicyclic) bond motifs is 3. The zero-order chi connectivity index (χ0) is 22.9. The van der Waals surface area contributed by atoms with Crippen LogP contribution < -0.4 is 4.74 Å². The Morgan fingerprint density at radius 3 is 2.74 bits per heavy atom. The van der Waals surface area contributed by atoms with Crippen LogP contribution in [0.25, 0.3) is 10.9 Å². The van der Waals surface area contributed by atoms with E-state index in [-0.39, 0.29) is 0 Å². The number of aromatic nitrogens is 1. The molecule has 34 heavy (non-hydrogen) atoms. The third kappa shape index (κ3) is 4.65. The van der Waals surface area contributed by atoms with E-state index in [0.717, 1.165) is 57.0 Å². The van der Waals surface area contributed by atoms with Gasteiger partial charge in [0.25, 0.3) is 0 Å². The summed E-state index contributed by atoms with van der Waals surface area (Å²) in [6.07, 6.45) is 16.6. The molecule has 6 heteroatoms.